The van der Waals surface area contributed by atoms with Gasteiger partial charge in [-0.1, -0.05) is 63.6 Å². The second-order valence-corrected chi connectivity index (χ2v) is 9.46. The van der Waals surface area contributed by atoms with Crippen LogP contribution in [0.2, 0.25) is 5.02 Å². The van der Waals surface area contributed by atoms with E-state index in [0.717, 1.165) is 5.56 Å². The lowest BCUT2D eigenvalue weighted by Crippen LogP contribution is -2.25. The van der Waals surface area contributed by atoms with E-state index in [4.69, 9.17) is 11.6 Å². The predicted octanol–water partition coefficient (Wildman–Crippen LogP) is 6.74. The highest BCUT2D eigenvalue weighted by Gasteiger charge is 2.20. The van der Waals surface area contributed by atoms with Crippen molar-refractivity contribution < 1.29 is 9.50 Å². The minimum atomic E-state index is -0.607. The summed E-state index contributed by atoms with van der Waals surface area (Å²) in [7, 11) is 0. The zero-order valence-corrected chi connectivity index (χ0v) is 20.3. The number of benzene rings is 3. The molecule has 0 atom stereocenters. The maximum atomic E-state index is 14.8. The quantitative estimate of drug-likeness (QED) is 0.321. The van der Waals surface area contributed by atoms with Gasteiger partial charge in [0.1, 0.15) is 17.4 Å². The van der Waals surface area contributed by atoms with E-state index in [9.17, 15) is 14.3 Å². The van der Waals surface area contributed by atoms with E-state index in [1.54, 1.807) is 12.1 Å². The van der Waals surface area contributed by atoms with Crippen LogP contribution in [0.25, 0.3) is 27.7 Å². The number of rotatable bonds is 6. The fourth-order valence-corrected chi connectivity index (χ4v) is 4.32. The molecule has 0 saturated carbocycles. The monoisotopic (exact) mass is 479 g/mol. The third-order valence-electron chi connectivity index (χ3n) is 5.72. The van der Waals surface area contributed by atoms with Crippen molar-refractivity contribution in [2.75, 3.05) is 11.9 Å². The lowest BCUT2D eigenvalue weighted by Gasteiger charge is -2.20. The molecule has 0 unspecified atom stereocenters. The molecule has 7 heteroatoms. The van der Waals surface area contributed by atoms with Gasteiger partial charge < -0.3 is 10.4 Å². The van der Waals surface area contributed by atoms with Crippen LogP contribution in [0.3, 0.4) is 0 Å². The van der Waals surface area contributed by atoms with Gasteiger partial charge in [0.15, 0.2) is 0 Å². The Morgan fingerprint density at radius 2 is 1.82 bits per heavy atom. The molecule has 2 N–H and O–H groups in total. The second kappa shape index (κ2) is 9.47. The summed E-state index contributed by atoms with van der Waals surface area (Å²) in [4.78, 5) is 17.7. The minimum Gasteiger partial charge on any atom is -0.507 e. The number of para-hydroxylation sites is 1. The smallest absolute Gasteiger partial charge is 0.354 e. The van der Waals surface area contributed by atoms with Gasteiger partial charge >= 0.3 is 5.69 Å². The topological polar surface area (TPSA) is 67.2 Å². The molecule has 0 bridgehead atoms. The number of anilines is 1. The molecular formula is C27H27ClFN3O2. The number of nitrogens with zero attached hydrogens (tertiary/aromatic N) is 2. The van der Waals surface area contributed by atoms with Crippen molar-refractivity contribution in [3.05, 3.63) is 81.5 Å². The Morgan fingerprint density at radius 3 is 2.50 bits per heavy atom. The molecule has 34 heavy (non-hydrogen) atoms. The van der Waals surface area contributed by atoms with Crippen molar-refractivity contribution in [3.8, 4) is 22.6 Å². The number of hydrogen-bond donors (Lipinski definition) is 2. The van der Waals surface area contributed by atoms with Gasteiger partial charge in [0.05, 0.1) is 16.8 Å². The van der Waals surface area contributed by atoms with E-state index in [2.05, 4.69) is 38.0 Å². The zero-order valence-electron chi connectivity index (χ0n) is 19.6. The van der Waals surface area contributed by atoms with Crippen LogP contribution >= 0.6 is 11.6 Å². The van der Waals surface area contributed by atoms with Gasteiger partial charge in [0.25, 0.3) is 0 Å². The summed E-state index contributed by atoms with van der Waals surface area (Å²) in [5, 5.41) is 14.5. The van der Waals surface area contributed by atoms with Gasteiger partial charge in [-0.05, 0) is 47.7 Å². The average molecular weight is 480 g/mol. The fraction of sp³-hybridized carbons (Fsp3) is 0.259. The molecule has 0 saturated heterocycles. The first-order chi connectivity index (χ1) is 16.2. The van der Waals surface area contributed by atoms with Gasteiger partial charge in [-0.3, -0.25) is 4.57 Å². The third kappa shape index (κ3) is 4.38. The average Bonchev–Trinajstić information content (AvgIpc) is 2.78. The maximum absolute atomic E-state index is 14.8. The largest absolute Gasteiger partial charge is 0.507 e. The van der Waals surface area contributed by atoms with Crippen molar-refractivity contribution >= 4 is 28.3 Å². The molecule has 0 aliphatic heterocycles. The van der Waals surface area contributed by atoms with E-state index in [-0.39, 0.29) is 22.3 Å². The number of phenolic OH excluding ortho intramolecular Hbond substituents is 1. The lowest BCUT2D eigenvalue weighted by molar-refractivity contribution is 0.472. The van der Waals surface area contributed by atoms with Crippen molar-refractivity contribution in [2.45, 2.75) is 33.6 Å². The second-order valence-electron chi connectivity index (χ2n) is 9.05. The highest BCUT2D eigenvalue weighted by Crippen LogP contribution is 2.40. The third-order valence-corrected chi connectivity index (χ3v) is 6.03. The molecule has 176 valence electrons. The zero-order chi connectivity index (χ0) is 24.6. The van der Waals surface area contributed by atoms with Crippen molar-refractivity contribution in [1.29, 1.82) is 0 Å². The summed E-state index contributed by atoms with van der Waals surface area (Å²) in [6, 6.07) is 15.0. The molecule has 0 amide bonds. The molecule has 0 aliphatic rings. The number of fused-ring (bicyclic) bond motifs is 1. The fourth-order valence-electron chi connectivity index (χ4n) is 4.06. The number of phenols is 1. The molecule has 4 rings (SSSR count). The van der Waals surface area contributed by atoms with Crippen LogP contribution in [0.15, 0.2) is 59.4 Å². The number of aromatic nitrogens is 2. The number of aromatic hydroxyl groups is 1. The normalized spacial score (nSPS) is 11.5. The molecule has 3 aromatic carbocycles. The summed E-state index contributed by atoms with van der Waals surface area (Å²) >= 11 is 6.62. The minimum absolute atomic E-state index is 0.0148. The SMILES string of the molecule is CC(C)CNc1nc(=O)n(-c2ccccc2C(C)C)c2cc(-c3c(O)cccc3F)c(Cl)cc12. The van der Waals surface area contributed by atoms with Crippen LogP contribution in [0.1, 0.15) is 39.2 Å². The molecule has 1 aromatic heterocycles. The lowest BCUT2D eigenvalue weighted by atomic mass is 9.99. The molecule has 5 nitrogen and oxygen atoms in total. The summed E-state index contributed by atoms with van der Waals surface area (Å²) in [5.74, 6) is 0.0541. The highest BCUT2D eigenvalue weighted by molar-refractivity contribution is 6.34. The van der Waals surface area contributed by atoms with E-state index in [0.29, 0.717) is 40.4 Å². The first-order valence-corrected chi connectivity index (χ1v) is 11.6. The Hall–Kier alpha value is -3.38. The molecule has 0 fully saturated rings. The Balaban J connectivity index is 2.11. The van der Waals surface area contributed by atoms with Crippen LogP contribution in [0, 0.1) is 11.7 Å². The van der Waals surface area contributed by atoms with Gasteiger partial charge in [-0.15, -0.1) is 0 Å². The Kier molecular flexibility index (Phi) is 6.62. The molecule has 1 heterocycles. The number of halogens is 2. The molecular weight excluding hydrogens is 453 g/mol. The van der Waals surface area contributed by atoms with Gasteiger partial charge in [-0.25, -0.2) is 9.18 Å². The van der Waals surface area contributed by atoms with Crippen LogP contribution in [0.4, 0.5) is 10.2 Å². The van der Waals surface area contributed by atoms with Crippen LogP contribution in [-0.2, 0) is 0 Å². The molecule has 4 aromatic rings. The number of hydrogen-bond acceptors (Lipinski definition) is 4. The van der Waals surface area contributed by atoms with Gasteiger partial charge in [0, 0.05) is 22.5 Å². The first-order valence-electron chi connectivity index (χ1n) is 11.3. The maximum Gasteiger partial charge on any atom is 0.354 e. The Morgan fingerprint density at radius 1 is 1.09 bits per heavy atom. The van der Waals surface area contributed by atoms with Crippen molar-refractivity contribution in [2.24, 2.45) is 5.92 Å². The highest BCUT2D eigenvalue weighted by atomic mass is 35.5. The Labute approximate surface area is 202 Å². The summed E-state index contributed by atoms with van der Waals surface area (Å²) in [6.45, 7) is 8.83. The van der Waals surface area contributed by atoms with E-state index >= 15 is 0 Å². The van der Waals surface area contributed by atoms with Gasteiger partial charge in [0.2, 0.25) is 0 Å². The van der Waals surface area contributed by atoms with E-state index in [1.165, 1.54) is 22.8 Å². The van der Waals surface area contributed by atoms with Gasteiger partial charge in [-0.2, -0.15) is 4.98 Å². The standard InChI is InChI=1S/C27H27ClFN3O2/c1-15(2)14-30-26-19-12-20(28)18(25-21(29)9-7-11-24(25)33)13-23(19)32(27(34)31-26)22-10-6-5-8-17(22)16(3)4/h5-13,15-16,33H,14H2,1-4H3,(H,30,31,34). The Bertz CT molecular complexity index is 1410. The summed E-state index contributed by atoms with van der Waals surface area (Å²) < 4.78 is 16.3. The van der Waals surface area contributed by atoms with Crippen molar-refractivity contribution in [3.63, 3.8) is 0 Å². The molecule has 0 aliphatic carbocycles. The predicted molar refractivity (Wildman–Crippen MR) is 137 cm³/mol. The summed E-state index contributed by atoms with van der Waals surface area (Å²) in [5.41, 5.74) is 2.00. The van der Waals surface area contributed by atoms with Crippen LogP contribution in [0.5, 0.6) is 5.75 Å². The van der Waals surface area contributed by atoms with Crippen LogP contribution in [-0.4, -0.2) is 21.2 Å². The molecule has 0 radical (unpaired) electrons. The van der Waals surface area contributed by atoms with E-state index in [1.807, 2.05) is 24.3 Å². The van der Waals surface area contributed by atoms with E-state index < -0.39 is 11.5 Å². The summed E-state index contributed by atoms with van der Waals surface area (Å²) in [6.07, 6.45) is 0. The number of nitrogens with one attached hydrogen (secondary N) is 1. The molecule has 0 spiro atoms. The van der Waals surface area contributed by atoms with Crippen LogP contribution < -0.4 is 11.0 Å². The first kappa shape index (κ1) is 23.8. The van der Waals surface area contributed by atoms with Crippen molar-refractivity contribution in [1.82, 2.24) is 9.55 Å².